The molecular formula is C12H13BrF3NO3. The maximum absolute atomic E-state index is 12.6. The number of amides is 1. The molecule has 3 N–H and O–H groups in total. The molecule has 4 nitrogen and oxygen atoms in total. The van der Waals surface area contributed by atoms with Gasteiger partial charge in [-0.25, -0.2) is 0 Å². The maximum atomic E-state index is 12.6. The minimum Gasteiger partial charge on any atom is -0.394 e. The first-order valence-electron chi connectivity index (χ1n) is 5.54. The molecule has 0 aliphatic heterocycles. The molecule has 0 radical (unpaired) electrons. The van der Waals surface area contributed by atoms with Gasteiger partial charge in [0.1, 0.15) is 0 Å². The molecule has 112 valence electrons. The Bertz CT molecular complexity index is 501. The van der Waals surface area contributed by atoms with Crippen molar-refractivity contribution in [3.63, 3.8) is 0 Å². The number of alkyl halides is 3. The van der Waals surface area contributed by atoms with Gasteiger partial charge in [-0.2, -0.15) is 13.2 Å². The Morgan fingerprint density at radius 3 is 2.30 bits per heavy atom. The number of carbonyl (C=O) groups is 1. The van der Waals surface area contributed by atoms with E-state index in [1.165, 1.54) is 6.92 Å². The highest BCUT2D eigenvalue weighted by molar-refractivity contribution is 9.10. The van der Waals surface area contributed by atoms with Crippen molar-refractivity contribution in [2.24, 2.45) is 0 Å². The topological polar surface area (TPSA) is 69.6 Å². The lowest BCUT2D eigenvalue weighted by atomic mass is 10.0. The minimum atomic E-state index is -4.56. The van der Waals surface area contributed by atoms with Crippen LogP contribution in [0.5, 0.6) is 0 Å². The average molecular weight is 356 g/mol. The summed E-state index contributed by atoms with van der Waals surface area (Å²) >= 11 is 3.00. The zero-order valence-corrected chi connectivity index (χ0v) is 12.0. The molecule has 0 saturated carbocycles. The number of hydrogen-bond acceptors (Lipinski definition) is 3. The van der Waals surface area contributed by atoms with Crippen LogP contribution in [0.2, 0.25) is 0 Å². The van der Waals surface area contributed by atoms with Crippen molar-refractivity contribution in [2.45, 2.75) is 18.6 Å². The van der Waals surface area contributed by atoms with Crippen molar-refractivity contribution in [3.8, 4) is 0 Å². The van der Waals surface area contributed by atoms with E-state index in [0.29, 0.717) is 6.07 Å². The third-order valence-corrected chi connectivity index (χ3v) is 3.34. The van der Waals surface area contributed by atoms with Crippen molar-refractivity contribution in [3.05, 3.63) is 33.8 Å². The predicted molar refractivity (Wildman–Crippen MR) is 69.2 cm³/mol. The fraction of sp³-hybridized carbons (Fsp3) is 0.417. The van der Waals surface area contributed by atoms with Crippen LogP contribution in [0.1, 0.15) is 22.8 Å². The second-order valence-electron chi connectivity index (χ2n) is 4.52. The largest absolute Gasteiger partial charge is 0.416 e. The minimum absolute atomic E-state index is 0.182. The van der Waals surface area contributed by atoms with Gasteiger partial charge in [0, 0.05) is 4.47 Å². The molecule has 0 aromatic heterocycles. The second-order valence-corrected chi connectivity index (χ2v) is 5.38. The highest BCUT2D eigenvalue weighted by Crippen LogP contribution is 2.32. The van der Waals surface area contributed by atoms with Crippen LogP contribution in [0.15, 0.2) is 22.7 Å². The highest BCUT2D eigenvalue weighted by atomic mass is 79.9. The summed E-state index contributed by atoms with van der Waals surface area (Å²) < 4.78 is 38.0. The summed E-state index contributed by atoms with van der Waals surface area (Å²) in [6.07, 6.45) is -4.56. The fourth-order valence-electron chi connectivity index (χ4n) is 1.35. The van der Waals surface area contributed by atoms with Crippen LogP contribution in [0, 0.1) is 0 Å². The number of hydrogen-bond donors (Lipinski definition) is 3. The Balaban J connectivity index is 3.10. The molecule has 0 fully saturated rings. The molecule has 0 heterocycles. The fourth-order valence-corrected chi connectivity index (χ4v) is 1.77. The van der Waals surface area contributed by atoms with Crippen molar-refractivity contribution in [1.29, 1.82) is 0 Å². The normalized spacial score (nSPS) is 12.3. The molecule has 0 aliphatic carbocycles. The number of benzene rings is 1. The molecule has 0 unspecified atom stereocenters. The van der Waals surface area contributed by atoms with E-state index in [0.717, 1.165) is 12.1 Å². The van der Waals surface area contributed by atoms with Crippen molar-refractivity contribution < 1.29 is 28.2 Å². The smallest absolute Gasteiger partial charge is 0.394 e. The molecule has 1 aromatic rings. The molecule has 8 heteroatoms. The Morgan fingerprint density at radius 1 is 1.30 bits per heavy atom. The van der Waals surface area contributed by atoms with Gasteiger partial charge in [-0.05, 0) is 41.1 Å². The van der Waals surface area contributed by atoms with E-state index >= 15 is 0 Å². The molecule has 0 spiro atoms. The number of aliphatic hydroxyl groups is 2. The summed E-state index contributed by atoms with van der Waals surface area (Å²) in [5.41, 5.74) is -2.50. The van der Waals surface area contributed by atoms with Crippen LogP contribution in [-0.2, 0) is 6.18 Å². The SMILES string of the molecule is CC(CO)(CO)NC(=O)c1cc(C(F)(F)F)ccc1Br. The van der Waals surface area contributed by atoms with Gasteiger partial charge in [0.15, 0.2) is 0 Å². The van der Waals surface area contributed by atoms with Gasteiger partial charge in [-0.1, -0.05) is 0 Å². The Hall–Kier alpha value is -1.12. The average Bonchev–Trinajstić information content (AvgIpc) is 2.37. The summed E-state index contributed by atoms with van der Waals surface area (Å²) in [7, 11) is 0. The highest BCUT2D eigenvalue weighted by Gasteiger charge is 2.32. The van der Waals surface area contributed by atoms with Gasteiger partial charge in [-0.15, -0.1) is 0 Å². The van der Waals surface area contributed by atoms with E-state index in [1.807, 2.05) is 0 Å². The maximum Gasteiger partial charge on any atom is 0.416 e. The van der Waals surface area contributed by atoms with Gasteiger partial charge >= 0.3 is 6.18 Å². The van der Waals surface area contributed by atoms with E-state index < -0.39 is 36.4 Å². The Labute approximate surface area is 121 Å². The van der Waals surface area contributed by atoms with Crippen LogP contribution >= 0.6 is 15.9 Å². The van der Waals surface area contributed by atoms with Crippen molar-refractivity contribution in [1.82, 2.24) is 5.32 Å². The first-order valence-corrected chi connectivity index (χ1v) is 6.33. The Morgan fingerprint density at radius 2 is 1.85 bits per heavy atom. The second kappa shape index (κ2) is 6.11. The molecule has 20 heavy (non-hydrogen) atoms. The molecule has 1 rings (SSSR count). The van der Waals surface area contributed by atoms with Gasteiger partial charge in [0.25, 0.3) is 5.91 Å². The van der Waals surface area contributed by atoms with Crippen molar-refractivity contribution >= 4 is 21.8 Å². The van der Waals surface area contributed by atoms with Crippen LogP contribution < -0.4 is 5.32 Å². The Kier molecular flexibility index (Phi) is 5.17. The summed E-state index contributed by atoms with van der Waals surface area (Å²) in [5.74, 6) is -0.825. The van der Waals surface area contributed by atoms with Crippen LogP contribution in [-0.4, -0.2) is 34.9 Å². The van der Waals surface area contributed by atoms with E-state index in [-0.39, 0.29) is 10.0 Å². The summed E-state index contributed by atoms with van der Waals surface area (Å²) in [5, 5.41) is 20.4. The lowest BCUT2D eigenvalue weighted by molar-refractivity contribution is -0.137. The van der Waals surface area contributed by atoms with Gasteiger partial charge in [0.05, 0.1) is 29.9 Å². The number of aliphatic hydroxyl groups excluding tert-OH is 2. The molecule has 1 aromatic carbocycles. The van der Waals surface area contributed by atoms with E-state index in [4.69, 9.17) is 10.2 Å². The zero-order valence-electron chi connectivity index (χ0n) is 10.5. The van der Waals surface area contributed by atoms with Crippen LogP contribution in [0.25, 0.3) is 0 Å². The zero-order chi connectivity index (χ0) is 15.6. The lowest BCUT2D eigenvalue weighted by Crippen LogP contribution is -2.51. The van der Waals surface area contributed by atoms with Crippen LogP contribution in [0.3, 0.4) is 0 Å². The summed E-state index contributed by atoms with van der Waals surface area (Å²) in [6, 6.07) is 2.67. The third kappa shape index (κ3) is 3.94. The van der Waals surface area contributed by atoms with Gasteiger partial charge < -0.3 is 15.5 Å². The van der Waals surface area contributed by atoms with E-state index in [9.17, 15) is 18.0 Å². The molecular weight excluding hydrogens is 343 g/mol. The molecule has 0 saturated heterocycles. The number of nitrogens with one attached hydrogen (secondary N) is 1. The van der Waals surface area contributed by atoms with E-state index in [2.05, 4.69) is 21.2 Å². The molecule has 0 aliphatic rings. The quantitative estimate of drug-likeness (QED) is 0.772. The summed E-state index contributed by atoms with van der Waals surface area (Å²) in [6.45, 7) is 0.268. The van der Waals surface area contributed by atoms with Gasteiger partial charge in [0.2, 0.25) is 0 Å². The monoisotopic (exact) mass is 355 g/mol. The number of halogens is 4. The van der Waals surface area contributed by atoms with E-state index in [1.54, 1.807) is 0 Å². The first-order chi connectivity index (χ1) is 9.13. The van der Waals surface area contributed by atoms with Gasteiger partial charge in [-0.3, -0.25) is 4.79 Å². The van der Waals surface area contributed by atoms with Crippen LogP contribution in [0.4, 0.5) is 13.2 Å². The molecule has 0 bridgehead atoms. The summed E-state index contributed by atoms with van der Waals surface area (Å²) in [4.78, 5) is 11.9. The van der Waals surface area contributed by atoms with Crippen molar-refractivity contribution in [2.75, 3.05) is 13.2 Å². The number of rotatable bonds is 4. The first kappa shape index (κ1) is 16.9. The number of carbonyl (C=O) groups excluding carboxylic acids is 1. The molecule has 0 atom stereocenters. The lowest BCUT2D eigenvalue weighted by Gasteiger charge is -2.26. The third-order valence-electron chi connectivity index (χ3n) is 2.65. The predicted octanol–water partition coefficient (Wildman–Crippen LogP) is 1.94. The standard InChI is InChI=1S/C12H13BrF3NO3/c1-11(5-18,6-19)17-10(20)8-4-7(12(14,15)16)2-3-9(8)13/h2-4,18-19H,5-6H2,1H3,(H,17,20). The molecule has 1 amide bonds.